The first-order chi connectivity index (χ1) is 8.77. The highest BCUT2D eigenvalue weighted by atomic mass is 16.5. The zero-order valence-electron chi connectivity index (χ0n) is 11.6. The van der Waals surface area contributed by atoms with Gasteiger partial charge >= 0.3 is 5.97 Å². The lowest BCUT2D eigenvalue weighted by Gasteiger charge is -2.41. The lowest BCUT2D eigenvalue weighted by atomic mass is 10.0. The number of esters is 1. The highest BCUT2D eigenvalue weighted by Crippen LogP contribution is 2.32. The van der Waals surface area contributed by atoms with Crippen LogP contribution in [0, 0.1) is 0 Å². The molecule has 1 saturated carbocycles. The van der Waals surface area contributed by atoms with Crippen molar-refractivity contribution in [1.29, 1.82) is 0 Å². The fourth-order valence-electron chi connectivity index (χ4n) is 3.30. The minimum Gasteiger partial charge on any atom is -0.468 e. The van der Waals surface area contributed by atoms with Gasteiger partial charge in [0.2, 0.25) is 0 Å². The molecule has 0 N–H and O–H groups in total. The van der Waals surface area contributed by atoms with Crippen molar-refractivity contribution >= 4 is 5.97 Å². The number of morpholine rings is 1. The molecule has 3 unspecified atom stereocenters. The van der Waals surface area contributed by atoms with Crippen LogP contribution in [-0.2, 0) is 14.3 Å². The molecule has 18 heavy (non-hydrogen) atoms. The molecule has 0 bridgehead atoms. The fraction of sp³-hybridized carbons (Fsp3) is 0.929. The van der Waals surface area contributed by atoms with Gasteiger partial charge in [-0.05, 0) is 25.7 Å². The fourth-order valence-corrected chi connectivity index (χ4v) is 3.30. The second kappa shape index (κ2) is 6.53. The number of nitrogens with zero attached hydrogens (tertiary/aromatic N) is 1. The molecular weight excluding hydrogens is 230 g/mol. The molecule has 1 aliphatic heterocycles. The van der Waals surface area contributed by atoms with Crippen LogP contribution in [0.5, 0.6) is 0 Å². The van der Waals surface area contributed by atoms with E-state index in [1.165, 1.54) is 13.5 Å². The largest absolute Gasteiger partial charge is 0.468 e. The summed E-state index contributed by atoms with van der Waals surface area (Å²) >= 11 is 0. The highest BCUT2D eigenvalue weighted by Gasteiger charge is 2.41. The molecule has 104 valence electrons. The maximum Gasteiger partial charge on any atom is 0.323 e. The monoisotopic (exact) mass is 255 g/mol. The molecule has 3 atom stereocenters. The lowest BCUT2D eigenvalue weighted by Crippen LogP contribution is -2.55. The van der Waals surface area contributed by atoms with Gasteiger partial charge in [0.15, 0.2) is 0 Å². The van der Waals surface area contributed by atoms with Crippen LogP contribution < -0.4 is 0 Å². The Morgan fingerprint density at radius 1 is 1.50 bits per heavy atom. The number of fused-ring (bicyclic) bond motifs is 1. The van der Waals surface area contributed by atoms with Gasteiger partial charge in [0, 0.05) is 12.6 Å². The minimum absolute atomic E-state index is 0.0653. The molecule has 0 aromatic carbocycles. The Balaban J connectivity index is 2.05. The van der Waals surface area contributed by atoms with E-state index in [2.05, 4.69) is 11.8 Å². The third kappa shape index (κ3) is 2.86. The Morgan fingerprint density at radius 2 is 2.33 bits per heavy atom. The Bertz CT molecular complexity index is 282. The maximum atomic E-state index is 12.0. The third-order valence-electron chi connectivity index (χ3n) is 4.23. The van der Waals surface area contributed by atoms with Crippen LogP contribution in [0.4, 0.5) is 0 Å². The molecule has 4 heteroatoms. The van der Waals surface area contributed by atoms with Crippen molar-refractivity contribution in [3.8, 4) is 0 Å². The van der Waals surface area contributed by atoms with Crippen molar-refractivity contribution in [2.45, 2.75) is 63.6 Å². The van der Waals surface area contributed by atoms with E-state index in [-0.39, 0.29) is 12.0 Å². The van der Waals surface area contributed by atoms with Crippen LogP contribution in [0.15, 0.2) is 0 Å². The van der Waals surface area contributed by atoms with E-state index in [9.17, 15) is 4.79 Å². The molecule has 1 aliphatic carbocycles. The number of ether oxygens (including phenoxy) is 2. The quantitative estimate of drug-likeness (QED) is 0.704. The van der Waals surface area contributed by atoms with Crippen molar-refractivity contribution < 1.29 is 14.3 Å². The Morgan fingerprint density at radius 3 is 3.06 bits per heavy atom. The number of rotatable bonds is 5. The van der Waals surface area contributed by atoms with Gasteiger partial charge in [0.1, 0.15) is 6.04 Å². The second-order valence-electron chi connectivity index (χ2n) is 5.33. The van der Waals surface area contributed by atoms with Crippen LogP contribution in [0.2, 0.25) is 0 Å². The number of carbonyl (C=O) groups excluding carboxylic acids is 1. The van der Waals surface area contributed by atoms with Crippen molar-refractivity contribution in [2.24, 2.45) is 0 Å². The smallest absolute Gasteiger partial charge is 0.323 e. The molecule has 4 nitrogen and oxygen atoms in total. The van der Waals surface area contributed by atoms with Crippen LogP contribution in [0.1, 0.15) is 45.4 Å². The summed E-state index contributed by atoms with van der Waals surface area (Å²) in [5.41, 5.74) is 0. The first kappa shape index (κ1) is 13.8. The summed E-state index contributed by atoms with van der Waals surface area (Å²) < 4.78 is 10.8. The van der Waals surface area contributed by atoms with Crippen LogP contribution in [0.25, 0.3) is 0 Å². The lowest BCUT2D eigenvalue weighted by molar-refractivity contribution is -0.153. The SMILES string of the molecule is CCCCC(C(=O)OC)N1CCOC2CCCC21. The van der Waals surface area contributed by atoms with E-state index in [0.29, 0.717) is 12.1 Å². The predicted molar refractivity (Wildman–Crippen MR) is 69.4 cm³/mol. The van der Waals surface area contributed by atoms with Gasteiger partial charge in [0.25, 0.3) is 0 Å². The molecule has 2 aliphatic rings. The first-order valence-electron chi connectivity index (χ1n) is 7.23. The summed E-state index contributed by atoms with van der Waals surface area (Å²) in [6.45, 7) is 3.78. The summed E-state index contributed by atoms with van der Waals surface area (Å²) in [6.07, 6.45) is 6.96. The molecule has 0 amide bonds. The molecule has 0 radical (unpaired) electrons. The molecule has 2 rings (SSSR count). The second-order valence-corrected chi connectivity index (χ2v) is 5.33. The minimum atomic E-state index is -0.0731. The Labute approximate surface area is 110 Å². The average molecular weight is 255 g/mol. The van der Waals surface area contributed by atoms with Crippen LogP contribution in [0.3, 0.4) is 0 Å². The van der Waals surface area contributed by atoms with E-state index in [0.717, 1.165) is 45.3 Å². The molecule has 0 aromatic heterocycles. The zero-order valence-corrected chi connectivity index (χ0v) is 11.6. The van der Waals surface area contributed by atoms with E-state index in [1.807, 2.05) is 0 Å². The maximum absolute atomic E-state index is 12.0. The van der Waals surface area contributed by atoms with Gasteiger partial charge in [-0.1, -0.05) is 19.8 Å². The van der Waals surface area contributed by atoms with Gasteiger partial charge < -0.3 is 9.47 Å². The molecule has 2 fully saturated rings. The highest BCUT2D eigenvalue weighted by molar-refractivity contribution is 5.75. The predicted octanol–water partition coefficient (Wildman–Crippen LogP) is 1.97. The van der Waals surface area contributed by atoms with E-state index < -0.39 is 0 Å². The first-order valence-corrected chi connectivity index (χ1v) is 7.23. The van der Waals surface area contributed by atoms with E-state index in [1.54, 1.807) is 0 Å². The Kier molecular flexibility index (Phi) is 5.01. The topological polar surface area (TPSA) is 38.8 Å². The van der Waals surface area contributed by atoms with Gasteiger partial charge in [-0.2, -0.15) is 0 Å². The average Bonchev–Trinajstić information content (AvgIpc) is 2.87. The number of unbranched alkanes of at least 4 members (excludes halogenated alkanes) is 1. The summed E-state index contributed by atoms with van der Waals surface area (Å²) in [6, 6.07) is 0.365. The molecule has 0 spiro atoms. The molecular formula is C14H25NO3. The summed E-state index contributed by atoms with van der Waals surface area (Å²) in [7, 11) is 1.49. The van der Waals surface area contributed by atoms with E-state index in [4.69, 9.17) is 9.47 Å². The number of methoxy groups -OCH3 is 1. The molecule has 1 saturated heterocycles. The van der Waals surface area contributed by atoms with Crippen molar-refractivity contribution in [3.05, 3.63) is 0 Å². The number of hydrogen-bond donors (Lipinski definition) is 0. The summed E-state index contributed by atoms with van der Waals surface area (Å²) in [5.74, 6) is -0.0731. The number of carbonyl (C=O) groups is 1. The van der Waals surface area contributed by atoms with Crippen molar-refractivity contribution in [2.75, 3.05) is 20.3 Å². The van der Waals surface area contributed by atoms with Gasteiger partial charge in [-0.3, -0.25) is 9.69 Å². The Hall–Kier alpha value is -0.610. The molecule has 1 heterocycles. The summed E-state index contributed by atoms with van der Waals surface area (Å²) in [5, 5.41) is 0. The van der Waals surface area contributed by atoms with Gasteiger partial charge in [0.05, 0.1) is 19.8 Å². The normalized spacial score (nSPS) is 29.9. The summed E-state index contributed by atoms with van der Waals surface area (Å²) in [4.78, 5) is 14.4. The standard InChI is InChI=1S/C14H25NO3/c1-3-4-6-12(14(16)17-2)15-9-10-18-13-8-5-7-11(13)15/h11-13H,3-10H2,1-2H3. The van der Waals surface area contributed by atoms with Crippen molar-refractivity contribution in [3.63, 3.8) is 0 Å². The molecule has 0 aromatic rings. The van der Waals surface area contributed by atoms with E-state index >= 15 is 0 Å². The number of hydrogen-bond acceptors (Lipinski definition) is 4. The van der Waals surface area contributed by atoms with Crippen LogP contribution in [-0.4, -0.2) is 49.3 Å². The van der Waals surface area contributed by atoms with Crippen molar-refractivity contribution in [1.82, 2.24) is 4.90 Å². The van der Waals surface area contributed by atoms with Gasteiger partial charge in [-0.25, -0.2) is 0 Å². The zero-order chi connectivity index (χ0) is 13.0. The third-order valence-corrected chi connectivity index (χ3v) is 4.23. The van der Waals surface area contributed by atoms with Gasteiger partial charge in [-0.15, -0.1) is 0 Å². The van der Waals surface area contributed by atoms with Crippen LogP contribution >= 0.6 is 0 Å².